The van der Waals surface area contributed by atoms with Crippen molar-refractivity contribution < 1.29 is 14.0 Å². The van der Waals surface area contributed by atoms with Gasteiger partial charge in [0.2, 0.25) is 11.8 Å². The first-order chi connectivity index (χ1) is 15.9. The van der Waals surface area contributed by atoms with Crippen LogP contribution in [-0.2, 0) is 22.8 Å². The summed E-state index contributed by atoms with van der Waals surface area (Å²) in [6, 6.07) is 6.94. The van der Waals surface area contributed by atoms with Crippen molar-refractivity contribution in [3.05, 3.63) is 46.5 Å². The minimum Gasteiger partial charge on any atom is -0.461 e. The fourth-order valence-corrected chi connectivity index (χ4v) is 4.14. The number of likely N-dealkylation sites (tertiary alicyclic amines) is 1. The van der Waals surface area contributed by atoms with Crippen LogP contribution in [0.5, 0.6) is 0 Å². The molecule has 0 saturated carbocycles. The van der Waals surface area contributed by atoms with E-state index in [1.807, 2.05) is 0 Å². The highest BCUT2D eigenvalue weighted by molar-refractivity contribution is 7.71. The third-order valence-corrected chi connectivity index (χ3v) is 6.17. The Labute approximate surface area is 200 Å². The maximum atomic E-state index is 12.6. The molecule has 3 N–H and O–H groups in total. The molecule has 3 aromatic heterocycles. The van der Waals surface area contributed by atoms with E-state index in [1.54, 1.807) is 39.8 Å². The fourth-order valence-electron chi connectivity index (χ4n) is 3.75. The van der Waals surface area contributed by atoms with Crippen molar-refractivity contribution in [2.45, 2.75) is 32.5 Å². The number of nitrogens with zero attached hydrogens (tertiary/aromatic N) is 5. The number of piperidine rings is 1. The molecule has 1 fully saturated rings. The van der Waals surface area contributed by atoms with E-state index in [0.717, 1.165) is 13.1 Å². The van der Waals surface area contributed by atoms with Crippen LogP contribution in [0.3, 0.4) is 0 Å². The molecule has 10 nitrogen and oxygen atoms in total. The van der Waals surface area contributed by atoms with Crippen LogP contribution in [0, 0.1) is 10.7 Å². The number of carbonyl (C=O) groups is 2. The molecule has 1 aliphatic rings. The third-order valence-electron chi connectivity index (χ3n) is 5.52. The molecule has 3 aromatic rings. The zero-order valence-corrected chi connectivity index (χ0v) is 19.4. The van der Waals surface area contributed by atoms with Crippen molar-refractivity contribution in [1.29, 1.82) is 0 Å². The first-order valence-electron chi connectivity index (χ1n) is 10.6. The molecule has 12 heteroatoms. The molecule has 0 aromatic carbocycles. The van der Waals surface area contributed by atoms with Gasteiger partial charge in [0.05, 0.1) is 18.0 Å². The standard InChI is InChI=1S/C21H24ClN7O3S/c22-15-3-4-18(24-12-15)25-20(31)14-5-8-27(9-6-14)13-29-21(33)28(10-7-17(23)30)19(26-29)16-2-1-11-32-16/h1-4,11-12,14H,5-10,13H2,(H2,23,30)(H,24,25,31). The zero-order valence-electron chi connectivity index (χ0n) is 17.8. The first kappa shape index (κ1) is 23.1. The van der Waals surface area contributed by atoms with E-state index in [9.17, 15) is 9.59 Å². The highest BCUT2D eigenvalue weighted by Gasteiger charge is 2.26. The van der Waals surface area contributed by atoms with Gasteiger partial charge in [-0.25, -0.2) is 9.67 Å². The van der Waals surface area contributed by atoms with Gasteiger partial charge < -0.3 is 15.5 Å². The van der Waals surface area contributed by atoms with E-state index in [1.165, 1.54) is 6.20 Å². The van der Waals surface area contributed by atoms with E-state index in [2.05, 4.69) is 20.3 Å². The minimum absolute atomic E-state index is 0.0445. The Balaban J connectivity index is 1.39. The number of rotatable bonds is 8. The van der Waals surface area contributed by atoms with Gasteiger partial charge in [-0.05, 0) is 49.3 Å². The van der Waals surface area contributed by atoms with Crippen LogP contribution < -0.4 is 11.1 Å². The van der Waals surface area contributed by atoms with Crippen molar-refractivity contribution in [2.24, 2.45) is 11.7 Å². The molecule has 33 heavy (non-hydrogen) atoms. The normalized spacial score (nSPS) is 14.9. The average Bonchev–Trinajstić information content (AvgIpc) is 3.43. The molecule has 1 saturated heterocycles. The van der Waals surface area contributed by atoms with Crippen LogP contribution in [0.15, 0.2) is 41.1 Å². The Hall–Kier alpha value is -3.02. The number of furan rings is 1. The smallest absolute Gasteiger partial charge is 0.228 e. The molecule has 0 bridgehead atoms. The van der Waals surface area contributed by atoms with Crippen molar-refractivity contribution in [3.63, 3.8) is 0 Å². The Morgan fingerprint density at radius 1 is 1.27 bits per heavy atom. The number of primary amides is 1. The second kappa shape index (κ2) is 10.3. The van der Waals surface area contributed by atoms with Gasteiger partial charge >= 0.3 is 0 Å². The van der Waals surface area contributed by atoms with E-state index < -0.39 is 5.91 Å². The molecule has 2 amide bonds. The number of halogens is 1. The second-order valence-electron chi connectivity index (χ2n) is 7.84. The number of aromatic nitrogens is 4. The zero-order chi connectivity index (χ0) is 23.4. The predicted octanol–water partition coefficient (Wildman–Crippen LogP) is 2.91. The molecule has 0 aliphatic carbocycles. The predicted molar refractivity (Wildman–Crippen MR) is 125 cm³/mol. The summed E-state index contributed by atoms with van der Waals surface area (Å²) < 4.78 is 9.45. The average molecular weight is 490 g/mol. The molecular formula is C21H24ClN7O3S. The number of hydrogen-bond acceptors (Lipinski definition) is 7. The Morgan fingerprint density at radius 3 is 2.70 bits per heavy atom. The highest BCUT2D eigenvalue weighted by atomic mass is 35.5. The second-order valence-corrected chi connectivity index (χ2v) is 8.64. The molecule has 174 valence electrons. The Bertz CT molecular complexity index is 1170. The summed E-state index contributed by atoms with van der Waals surface area (Å²) in [4.78, 5) is 30.2. The lowest BCUT2D eigenvalue weighted by molar-refractivity contribution is -0.121. The lowest BCUT2D eigenvalue weighted by Gasteiger charge is -2.30. The summed E-state index contributed by atoms with van der Waals surface area (Å²) in [6.07, 6.45) is 4.63. The van der Waals surface area contributed by atoms with Crippen LogP contribution in [0.1, 0.15) is 19.3 Å². The lowest BCUT2D eigenvalue weighted by Crippen LogP contribution is -2.39. The van der Waals surface area contributed by atoms with Gasteiger partial charge in [0.1, 0.15) is 5.82 Å². The van der Waals surface area contributed by atoms with Crippen molar-refractivity contribution in [3.8, 4) is 11.6 Å². The monoisotopic (exact) mass is 489 g/mol. The summed E-state index contributed by atoms with van der Waals surface area (Å²) in [5, 5.41) is 8.00. The summed E-state index contributed by atoms with van der Waals surface area (Å²) in [6.45, 7) is 2.24. The summed E-state index contributed by atoms with van der Waals surface area (Å²) in [5.74, 6) is 1.05. The van der Waals surface area contributed by atoms with Crippen molar-refractivity contribution >= 4 is 41.5 Å². The molecule has 4 rings (SSSR count). The van der Waals surface area contributed by atoms with E-state index in [0.29, 0.717) is 53.3 Å². The van der Waals surface area contributed by atoms with E-state index in [4.69, 9.17) is 34.0 Å². The van der Waals surface area contributed by atoms with Gasteiger partial charge in [-0.2, -0.15) is 0 Å². The topological polar surface area (TPSA) is 124 Å². The number of nitrogens with one attached hydrogen (secondary N) is 1. The maximum absolute atomic E-state index is 12.6. The lowest BCUT2D eigenvalue weighted by atomic mass is 9.96. The third kappa shape index (κ3) is 5.67. The molecule has 4 heterocycles. The molecule has 0 radical (unpaired) electrons. The Morgan fingerprint density at radius 2 is 2.06 bits per heavy atom. The molecule has 1 aliphatic heterocycles. The van der Waals surface area contributed by atoms with Crippen molar-refractivity contribution in [1.82, 2.24) is 24.2 Å². The molecule has 0 spiro atoms. The van der Waals surface area contributed by atoms with E-state index in [-0.39, 0.29) is 18.2 Å². The van der Waals surface area contributed by atoms with Gasteiger partial charge in [-0.15, -0.1) is 5.10 Å². The molecular weight excluding hydrogens is 466 g/mol. The quantitative estimate of drug-likeness (QED) is 0.466. The highest BCUT2D eigenvalue weighted by Crippen LogP contribution is 2.22. The van der Waals surface area contributed by atoms with Gasteiger partial charge in [0.25, 0.3) is 0 Å². The number of hydrogen-bond donors (Lipinski definition) is 2. The van der Waals surface area contributed by atoms with Crippen LogP contribution in [0.25, 0.3) is 11.6 Å². The summed E-state index contributed by atoms with van der Waals surface area (Å²) in [5.41, 5.74) is 5.32. The van der Waals surface area contributed by atoms with Crippen LogP contribution in [0.4, 0.5) is 5.82 Å². The van der Waals surface area contributed by atoms with Gasteiger partial charge in [-0.1, -0.05) is 11.6 Å². The summed E-state index contributed by atoms with van der Waals surface area (Å²) >= 11 is 11.5. The molecule has 0 atom stereocenters. The fraction of sp³-hybridized carbons (Fsp3) is 0.381. The Kier molecular flexibility index (Phi) is 7.21. The number of pyridine rings is 1. The SMILES string of the molecule is NC(=O)CCn1c(-c2ccco2)nn(CN2CCC(C(=O)Nc3ccc(Cl)cn3)CC2)c1=S. The van der Waals surface area contributed by atoms with E-state index >= 15 is 0 Å². The van der Waals surface area contributed by atoms with Crippen molar-refractivity contribution in [2.75, 3.05) is 18.4 Å². The largest absolute Gasteiger partial charge is 0.461 e. The first-order valence-corrected chi connectivity index (χ1v) is 11.3. The minimum atomic E-state index is -0.413. The summed E-state index contributed by atoms with van der Waals surface area (Å²) in [7, 11) is 0. The van der Waals surface area contributed by atoms with Gasteiger partial charge in [-0.3, -0.25) is 19.1 Å². The van der Waals surface area contributed by atoms with Gasteiger partial charge in [0, 0.05) is 38.2 Å². The van der Waals surface area contributed by atoms with Crippen LogP contribution >= 0.6 is 23.8 Å². The number of amides is 2. The number of carbonyl (C=O) groups excluding carboxylic acids is 2. The number of anilines is 1. The van der Waals surface area contributed by atoms with Crippen LogP contribution in [0.2, 0.25) is 5.02 Å². The molecule has 0 unspecified atom stereocenters. The van der Waals surface area contributed by atoms with Crippen LogP contribution in [-0.4, -0.2) is 49.1 Å². The number of nitrogens with two attached hydrogens (primary N) is 1. The maximum Gasteiger partial charge on any atom is 0.228 e. The van der Waals surface area contributed by atoms with Gasteiger partial charge in [0.15, 0.2) is 16.4 Å².